The molecule has 0 spiro atoms. The van der Waals surface area contributed by atoms with Crippen molar-refractivity contribution in [1.82, 2.24) is 9.88 Å². The van der Waals surface area contributed by atoms with Crippen LogP contribution in [0.2, 0.25) is 0 Å². The molecule has 2 rings (SSSR count). The average molecular weight is 300 g/mol. The Kier molecular flexibility index (Phi) is 5.78. The average Bonchev–Trinajstić information content (AvgIpc) is 2.53. The molecule has 1 N–H and O–H groups in total. The summed E-state index contributed by atoms with van der Waals surface area (Å²) in [4.78, 5) is 12.1. The Morgan fingerprint density at radius 3 is 2.59 bits per heavy atom. The van der Waals surface area contributed by atoms with Crippen LogP contribution in [0.4, 0.5) is 0 Å². The van der Waals surface area contributed by atoms with Gasteiger partial charge in [-0.2, -0.15) is 0 Å². The summed E-state index contributed by atoms with van der Waals surface area (Å²) in [6.45, 7) is 5.64. The van der Waals surface area contributed by atoms with Crippen LogP contribution in [-0.4, -0.2) is 18.2 Å². The molecule has 0 fully saturated rings. The van der Waals surface area contributed by atoms with E-state index >= 15 is 0 Å². The molecule has 4 heteroatoms. The summed E-state index contributed by atoms with van der Waals surface area (Å²) in [6.07, 6.45) is 4.20. The molecule has 0 unspecified atom stereocenters. The highest BCUT2D eigenvalue weighted by atomic mass is 16.5. The molecular formula is C18H24N2O2. The molecule has 0 aliphatic rings. The Balaban J connectivity index is 2.25. The van der Waals surface area contributed by atoms with Crippen molar-refractivity contribution in [2.75, 3.05) is 13.7 Å². The summed E-state index contributed by atoms with van der Waals surface area (Å²) in [5, 5.41) is 3.33. The smallest absolute Gasteiger partial charge is 0.186 e. The van der Waals surface area contributed by atoms with Crippen LogP contribution in [0.5, 0.6) is 5.75 Å². The quantitative estimate of drug-likeness (QED) is 0.799. The molecule has 0 amide bonds. The lowest BCUT2D eigenvalue weighted by Gasteiger charge is -2.13. The fourth-order valence-electron chi connectivity index (χ4n) is 2.35. The predicted octanol–water partition coefficient (Wildman–Crippen LogP) is 3.04. The first kappa shape index (κ1) is 16.3. The van der Waals surface area contributed by atoms with E-state index in [1.165, 1.54) is 0 Å². The standard InChI is InChI=1S/C18H24N2O2/c1-4-5-10-19-12-15-13-20(14(2)11-18(15)21)16-6-8-17(22-3)9-7-16/h6-9,11,13,19H,4-5,10,12H2,1-3H3. The van der Waals surface area contributed by atoms with E-state index in [0.717, 1.165) is 42.1 Å². The Morgan fingerprint density at radius 2 is 1.95 bits per heavy atom. The van der Waals surface area contributed by atoms with Gasteiger partial charge >= 0.3 is 0 Å². The first-order valence-electron chi connectivity index (χ1n) is 7.73. The van der Waals surface area contributed by atoms with Gasteiger partial charge in [0.15, 0.2) is 5.43 Å². The molecule has 1 aromatic heterocycles. The zero-order valence-electron chi connectivity index (χ0n) is 13.6. The fraction of sp³-hybridized carbons (Fsp3) is 0.389. The van der Waals surface area contributed by atoms with E-state index in [1.807, 2.05) is 42.0 Å². The zero-order valence-corrected chi connectivity index (χ0v) is 13.6. The molecular weight excluding hydrogens is 276 g/mol. The lowest BCUT2D eigenvalue weighted by atomic mass is 10.2. The highest BCUT2D eigenvalue weighted by Crippen LogP contribution is 2.16. The molecule has 0 atom stereocenters. The number of hydrogen-bond acceptors (Lipinski definition) is 3. The van der Waals surface area contributed by atoms with E-state index in [1.54, 1.807) is 13.2 Å². The van der Waals surface area contributed by atoms with Crippen molar-refractivity contribution in [3.8, 4) is 11.4 Å². The molecule has 0 saturated carbocycles. The van der Waals surface area contributed by atoms with Gasteiger partial charge in [0.25, 0.3) is 0 Å². The Hall–Kier alpha value is -2.07. The van der Waals surface area contributed by atoms with Crippen molar-refractivity contribution in [2.24, 2.45) is 0 Å². The first-order chi connectivity index (χ1) is 10.7. The summed E-state index contributed by atoms with van der Waals surface area (Å²) >= 11 is 0. The minimum atomic E-state index is 0.0891. The van der Waals surface area contributed by atoms with Crippen molar-refractivity contribution in [3.63, 3.8) is 0 Å². The van der Waals surface area contributed by atoms with Crippen LogP contribution in [0.25, 0.3) is 5.69 Å². The van der Waals surface area contributed by atoms with Gasteiger partial charge in [0.05, 0.1) is 7.11 Å². The van der Waals surface area contributed by atoms with Gasteiger partial charge in [0.1, 0.15) is 5.75 Å². The molecule has 0 radical (unpaired) electrons. The number of benzene rings is 1. The van der Waals surface area contributed by atoms with Crippen molar-refractivity contribution >= 4 is 0 Å². The van der Waals surface area contributed by atoms with Crippen LogP contribution >= 0.6 is 0 Å². The Morgan fingerprint density at radius 1 is 1.23 bits per heavy atom. The molecule has 1 heterocycles. The number of pyridine rings is 1. The molecule has 2 aromatic rings. The van der Waals surface area contributed by atoms with E-state index in [-0.39, 0.29) is 5.43 Å². The topological polar surface area (TPSA) is 43.3 Å². The van der Waals surface area contributed by atoms with E-state index in [0.29, 0.717) is 6.54 Å². The number of unbranched alkanes of at least 4 members (excludes halogenated alkanes) is 1. The number of nitrogens with zero attached hydrogens (tertiary/aromatic N) is 1. The highest BCUT2D eigenvalue weighted by molar-refractivity contribution is 5.39. The summed E-state index contributed by atoms with van der Waals surface area (Å²) < 4.78 is 7.22. The van der Waals surface area contributed by atoms with Crippen LogP contribution in [0.15, 0.2) is 41.3 Å². The molecule has 118 valence electrons. The van der Waals surface area contributed by atoms with Crippen LogP contribution in [0.3, 0.4) is 0 Å². The van der Waals surface area contributed by atoms with E-state index in [4.69, 9.17) is 4.74 Å². The molecule has 4 nitrogen and oxygen atoms in total. The van der Waals surface area contributed by atoms with Gasteiger partial charge in [0.2, 0.25) is 0 Å². The Labute approximate surface area is 131 Å². The summed E-state index contributed by atoms with van der Waals surface area (Å²) in [6, 6.07) is 9.52. The Bertz CT molecular complexity index is 660. The summed E-state index contributed by atoms with van der Waals surface area (Å²) in [5.41, 5.74) is 2.82. The van der Waals surface area contributed by atoms with Crippen molar-refractivity contribution in [1.29, 1.82) is 0 Å². The predicted molar refractivity (Wildman–Crippen MR) is 89.9 cm³/mol. The second kappa shape index (κ2) is 7.80. The second-order valence-electron chi connectivity index (χ2n) is 5.40. The van der Waals surface area contributed by atoms with Crippen LogP contribution in [0, 0.1) is 6.92 Å². The number of methoxy groups -OCH3 is 1. The maximum atomic E-state index is 12.1. The number of aryl methyl sites for hydroxylation is 1. The first-order valence-corrected chi connectivity index (χ1v) is 7.73. The minimum Gasteiger partial charge on any atom is -0.497 e. The molecule has 0 aliphatic heterocycles. The van der Waals surface area contributed by atoms with Gasteiger partial charge in [-0.05, 0) is 44.2 Å². The lowest BCUT2D eigenvalue weighted by molar-refractivity contribution is 0.414. The number of nitrogens with one attached hydrogen (secondary N) is 1. The normalized spacial score (nSPS) is 10.7. The number of hydrogen-bond donors (Lipinski definition) is 1. The lowest BCUT2D eigenvalue weighted by Crippen LogP contribution is -2.22. The van der Waals surface area contributed by atoms with E-state index in [9.17, 15) is 4.79 Å². The van der Waals surface area contributed by atoms with Gasteiger partial charge in [-0.15, -0.1) is 0 Å². The van der Waals surface area contributed by atoms with Crippen molar-refractivity contribution in [2.45, 2.75) is 33.2 Å². The third-order valence-electron chi connectivity index (χ3n) is 3.69. The number of ether oxygens (including phenoxy) is 1. The van der Waals surface area contributed by atoms with Gasteiger partial charge < -0.3 is 14.6 Å². The monoisotopic (exact) mass is 300 g/mol. The summed E-state index contributed by atoms with van der Waals surface area (Å²) in [7, 11) is 1.65. The van der Waals surface area contributed by atoms with Gasteiger partial charge in [0, 0.05) is 35.8 Å². The molecule has 22 heavy (non-hydrogen) atoms. The van der Waals surface area contributed by atoms with Gasteiger partial charge in [-0.1, -0.05) is 13.3 Å². The molecule has 0 aliphatic carbocycles. The zero-order chi connectivity index (χ0) is 15.9. The summed E-state index contributed by atoms with van der Waals surface area (Å²) in [5.74, 6) is 0.823. The third-order valence-corrected chi connectivity index (χ3v) is 3.69. The molecule has 0 saturated heterocycles. The van der Waals surface area contributed by atoms with Crippen molar-refractivity contribution in [3.05, 3.63) is 58.0 Å². The van der Waals surface area contributed by atoms with E-state index < -0.39 is 0 Å². The van der Waals surface area contributed by atoms with Crippen LogP contribution < -0.4 is 15.5 Å². The molecule has 0 bridgehead atoms. The van der Waals surface area contributed by atoms with Crippen LogP contribution in [-0.2, 0) is 6.54 Å². The molecule has 1 aromatic carbocycles. The van der Waals surface area contributed by atoms with E-state index in [2.05, 4.69) is 12.2 Å². The fourth-order valence-corrected chi connectivity index (χ4v) is 2.35. The SMILES string of the molecule is CCCCNCc1cn(-c2ccc(OC)cc2)c(C)cc1=O. The number of rotatable bonds is 7. The van der Waals surface area contributed by atoms with Crippen molar-refractivity contribution < 1.29 is 4.74 Å². The minimum absolute atomic E-state index is 0.0891. The highest BCUT2D eigenvalue weighted by Gasteiger charge is 2.06. The van der Waals surface area contributed by atoms with Gasteiger partial charge in [-0.25, -0.2) is 0 Å². The van der Waals surface area contributed by atoms with Gasteiger partial charge in [-0.3, -0.25) is 4.79 Å². The maximum Gasteiger partial charge on any atom is 0.186 e. The third kappa shape index (κ3) is 3.98. The number of aromatic nitrogens is 1. The maximum absolute atomic E-state index is 12.1. The largest absolute Gasteiger partial charge is 0.497 e. The van der Waals surface area contributed by atoms with Crippen LogP contribution in [0.1, 0.15) is 31.0 Å². The second-order valence-corrected chi connectivity index (χ2v) is 5.40.